The molecular weight excluding hydrogens is 190 g/mol. The zero-order valence-electron chi connectivity index (χ0n) is 8.27. The Balaban J connectivity index is 2.11. The number of H-pyrrole nitrogens is 1. The highest BCUT2D eigenvalue weighted by Gasteiger charge is 1.99. The average Bonchev–Trinajstić information content (AvgIpc) is 2.71. The second kappa shape index (κ2) is 4.56. The fraction of sp³-hybridized carbons (Fsp3) is 0.200. The highest BCUT2D eigenvalue weighted by Crippen LogP contribution is 2.12. The van der Waals surface area contributed by atoms with Gasteiger partial charge >= 0.3 is 0 Å². The van der Waals surface area contributed by atoms with E-state index >= 15 is 0 Å². The van der Waals surface area contributed by atoms with E-state index in [4.69, 9.17) is 5.73 Å². The summed E-state index contributed by atoms with van der Waals surface area (Å²) in [6, 6.07) is 3.76. The summed E-state index contributed by atoms with van der Waals surface area (Å²) >= 11 is 0. The minimum atomic E-state index is 0.563. The highest BCUT2D eigenvalue weighted by atomic mass is 15.0. The quantitative estimate of drug-likeness (QED) is 0.694. The first-order chi connectivity index (χ1) is 7.38. The third-order valence-corrected chi connectivity index (χ3v) is 1.94. The predicted octanol–water partition coefficient (Wildman–Crippen LogP) is 1.05. The number of aromatic amines is 1. The summed E-state index contributed by atoms with van der Waals surface area (Å²) in [5.74, 6) is 1.55. The van der Waals surface area contributed by atoms with Crippen LogP contribution in [-0.2, 0) is 6.42 Å². The van der Waals surface area contributed by atoms with Gasteiger partial charge in [-0.25, -0.2) is 9.97 Å². The van der Waals surface area contributed by atoms with Gasteiger partial charge in [0.05, 0.1) is 5.69 Å². The van der Waals surface area contributed by atoms with Crippen molar-refractivity contribution < 1.29 is 0 Å². The highest BCUT2D eigenvalue weighted by molar-refractivity contribution is 5.54. The molecule has 0 fully saturated rings. The van der Waals surface area contributed by atoms with Crippen LogP contribution in [0.15, 0.2) is 30.7 Å². The molecule has 4 N–H and O–H groups in total. The van der Waals surface area contributed by atoms with Crippen molar-refractivity contribution >= 4 is 11.5 Å². The van der Waals surface area contributed by atoms with Gasteiger partial charge in [0.1, 0.15) is 11.6 Å². The fourth-order valence-electron chi connectivity index (χ4n) is 1.27. The molecule has 78 valence electrons. The lowest BCUT2D eigenvalue weighted by molar-refractivity contribution is 0.870. The summed E-state index contributed by atoms with van der Waals surface area (Å²) in [5.41, 5.74) is 6.42. The van der Waals surface area contributed by atoms with E-state index in [2.05, 4.69) is 20.3 Å². The van der Waals surface area contributed by atoms with E-state index in [0.717, 1.165) is 17.3 Å². The third kappa shape index (κ3) is 2.54. The van der Waals surface area contributed by atoms with Gasteiger partial charge in [0.15, 0.2) is 0 Å². The van der Waals surface area contributed by atoms with E-state index in [0.29, 0.717) is 13.0 Å². The van der Waals surface area contributed by atoms with Crippen molar-refractivity contribution in [2.45, 2.75) is 6.42 Å². The molecule has 0 unspecified atom stereocenters. The van der Waals surface area contributed by atoms with E-state index in [1.54, 1.807) is 6.20 Å². The van der Waals surface area contributed by atoms with Gasteiger partial charge in [-0.15, -0.1) is 0 Å². The van der Waals surface area contributed by atoms with E-state index in [1.807, 2.05) is 24.5 Å². The average molecular weight is 203 g/mol. The molecule has 15 heavy (non-hydrogen) atoms. The molecule has 2 aromatic heterocycles. The molecule has 2 heterocycles. The number of nitrogens with one attached hydrogen (secondary N) is 2. The summed E-state index contributed by atoms with van der Waals surface area (Å²) in [6.07, 6.45) is 6.14. The maximum Gasteiger partial charge on any atom is 0.134 e. The number of hydrogen-bond acceptors (Lipinski definition) is 4. The second-order valence-electron chi connectivity index (χ2n) is 3.12. The van der Waals surface area contributed by atoms with Crippen molar-refractivity contribution in [3.63, 3.8) is 0 Å². The summed E-state index contributed by atoms with van der Waals surface area (Å²) in [4.78, 5) is 11.4. The molecular formula is C10H13N5. The van der Waals surface area contributed by atoms with Gasteiger partial charge < -0.3 is 16.0 Å². The second-order valence-corrected chi connectivity index (χ2v) is 3.12. The third-order valence-electron chi connectivity index (χ3n) is 1.94. The first-order valence-electron chi connectivity index (χ1n) is 4.80. The van der Waals surface area contributed by atoms with Crippen molar-refractivity contribution in [3.05, 3.63) is 36.5 Å². The molecule has 0 aliphatic rings. The minimum Gasteiger partial charge on any atom is -0.366 e. The number of aromatic nitrogens is 3. The first kappa shape index (κ1) is 9.67. The maximum absolute atomic E-state index is 5.44. The van der Waals surface area contributed by atoms with Gasteiger partial charge in [0.2, 0.25) is 0 Å². The lowest BCUT2D eigenvalue weighted by Gasteiger charge is -2.03. The molecule has 5 nitrogen and oxygen atoms in total. The minimum absolute atomic E-state index is 0.563. The summed E-state index contributed by atoms with van der Waals surface area (Å²) in [6.45, 7) is 0.563. The molecule has 0 aliphatic carbocycles. The number of nitrogens with two attached hydrogens (primary N) is 1. The normalized spacial score (nSPS) is 10.2. The van der Waals surface area contributed by atoms with Crippen molar-refractivity contribution in [3.8, 4) is 0 Å². The number of hydrogen-bond donors (Lipinski definition) is 3. The Hall–Kier alpha value is -1.88. The summed E-state index contributed by atoms with van der Waals surface area (Å²) in [7, 11) is 0. The van der Waals surface area contributed by atoms with Crippen LogP contribution in [0.4, 0.5) is 11.5 Å². The molecule has 0 radical (unpaired) electrons. The van der Waals surface area contributed by atoms with E-state index in [-0.39, 0.29) is 0 Å². The Morgan fingerprint density at radius 1 is 1.40 bits per heavy atom. The van der Waals surface area contributed by atoms with E-state index in [1.165, 1.54) is 0 Å². The molecule has 2 aromatic rings. The Bertz CT molecular complexity index is 410. The molecule has 0 bridgehead atoms. The molecule has 0 atom stereocenters. The SMILES string of the molecule is NCCc1nccc(Nc2cc[nH]c2)n1. The molecule has 0 aromatic carbocycles. The van der Waals surface area contributed by atoms with Crippen molar-refractivity contribution in [1.82, 2.24) is 15.0 Å². The Kier molecular flexibility index (Phi) is 2.94. The van der Waals surface area contributed by atoms with Crippen LogP contribution in [0.25, 0.3) is 0 Å². The lowest BCUT2D eigenvalue weighted by atomic mass is 10.4. The maximum atomic E-state index is 5.44. The van der Waals surface area contributed by atoms with Gasteiger partial charge in [-0.2, -0.15) is 0 Å². The number of nitrogens with zero attached hydrogens (tertiary/aromatic N) is 2. The number of rotatable bonds is 4. The standard InChI is InChI=1S/C10H13N5/c11-4-1-9-13-6-3-10(15-9)14-8-2-5-12-7-8/h2-3,5-7,12H,1,4,11H2,(H,13,14,15). The van der Waals surface area contributed by atoms with E-state index < -0.39 is 0 Å². The molecule has 0 saturated carbocycles. The summed E-state index contributed by atoms with van der Waals surface area (Å²) in [5, 5.41) is 3.16. The van der Waals surface area contributed by atoms with Crippen LogP contribution >= 0.6 is 0 Å². The van der Waals surface area contributed by atoms with Crippen molar-refractivity contribution in [1.29, 1.82) is 0 Å². The van der Waals surface area contributed by atoms with Crippen LogP contribution in [0, 0.1) is 0 Å². The largest absolute Gasteiger partial charge is 0.366 e. The van der Waals surface area contributed by atoms with Crippen LogP contribution in [0.2, 0.25) is 0 Å². The molecule has 0 saturated heterocycles. The van der Waals surface area contributed by atoms with Gasteiger partial charge in [-0.1, -0.05) is 0 Å². The Morgan fingerprint density at radius 3 is 3.07 bits per heavy atom. The first-order valence-corrected chi connectivity index (χ1v) is 4.80. The molecule has 0 amide bonds. The van der Waals surface area contributed by atoms with Gasteiger partial charge in [-0.3, -0.25) is 0 Å². The van der Waals surface area contributed by atoms with Crippen LogP contribution < -0.4 is 11.1 Å². The lowest BCUT2D eigenvalue weighted by Crippen LogP contribution is -2.07. The van der Waals surface area contributed by atoms with Crippen molar-refractivity contribution in [2.75, 3.05) is 11.9 Å². The fourth-order valence-corrected chi connectivity index (χ4v) is 1.27. The number of anilines is 2. The monoisotopic (exact) mass is 203 g/mol. The van der Waals surface area contributed by atoms with Gasteiger partial charge in [-0.05, 0) is 18.7 Å². The van der Waals surface area contributed by atoms with Crippen LogP contribution in [0.1, 0.15) is 5.82 Å². The predicted molar refractivity (Wildman–Crippen MR) is 58.9 cm³/mol. The smallest absolute Gasteiger partial charge is 0.134 e. The molecule has 0 spiro atoms. The summed E-state index contributed by atoms with van der Waals surface area (Å²) < 4.78 is 0. The van der Waals surface area contributed by atoms with Crippen LogP contribution in [0.3, 0.4) is 0 Å². The van der Waals surface area contributed by atoms with Crippen molar-refractivity contribution in [2.24, 2.45) is 5.73 Å². The van der Waals surface area contributed by atoms with Crippen LogP contribution in [-0.4, -0.2) is 21.5 Å². The Labute approximate surface area is 87.8 Å². The van der Waals surface area contributed by atoms with Crippen LogP contribution in [0.5, 0.6) is 0 Å². The van der Waals surface area contributed by atoms with Gasteiger partial charge in [0.25, 0.3) is 0 Å². The molecule has 2 rings (SSSR count). The Morgan fingerprint density at radius 2 is 2.33 bits per heavy atom. The molecule has 5 heteroatoms. The zero-order valence-corrected chi connectivity index (χ0v) is 8.27. The zero-order chi connectivity index (χ0) is 10.5. The topological polar surface area (TPSA) is 79.6 Å². The van der Waals surface area contributed by atoms with E-state index in [9.17, 15) is 0 Å². The van der Waals surface area contributed by atoms with Gasteiger partial charge in [0, 0.05) is 25.0 Å². The molecule has 0 aliphatic heterocycles.